The molecule has 1 heterocycles. The van der Waals surface area contributed by atoms with E-state index in [0.717, 1.165) is 31.2 Å². The molecule has 0 saturated heterocycles. The van der Waals surface area contributed by atoms with Crippen molar-refractivity contribution >= 4 is 5.97 Å². The number of carbonyl (C=O) groups excluding carboxylic acids is 1. The average Bonchev–Trinajstić information content (AvgIpc) is 2.82. The maximum atomic E-state index is 12.2. The number of hydrogen-bond acceptors (Lipinski definition) is 5. The maximum Gasteiger partial charge on any atom is 0.340 e. The van der Waals surface area contributed by atoms with Crippen molar-refractivity contribution in [1.29, 1.82) is 0 Å². The minimum atomic E-state index is -0.571. The predicted octanol–water partition coefficient (Wildman–Crippen LogP) is 6.94. The zero-order valence-corrected chi connectivity index (χ0v) is 20.1. The monoisotopic (exact) mass is 440 g/mol. The standard InChI is InChI=1S/C27H40N2O3/c1-4-6-8-9-10-11-12-14-23-20-28-26(29-21-23)24-15-17-25(18-16-24)32-27(30)22(3)31-19-13-7-5-2/h15-18,20-22H,4-14,19H2,1-3H3. The summed E-state index contributed by atoms with van der Waals surface area (Å²) in [5.74, 6) is 0.803. The Morgan fingerprint density at radius 1 is 0.844 bits per heavy atom. The molecule has 1 atom stereocenters. The Hall–Kier alpha value is -2.27. The van der Waals surface area contributed by atoms with Crippen molar-refractivity contribution in [2.45, 2.75) is 97.5 Å². The van der Waals surface area contributed by atoms with E-state index in [9.17, 15) is 4.79 Å². The van der Waals surface area contributed by atoms with E-state index >= 15 is 0 Å². The van der Waals surface area contributed by atoms with Gasteiger partial charge in [0.1, 0.15) is 5.75 Å². The van der Waals surface area contributed by atoms with Gasteiger partial charge in [-0.15, -0.1) is 0 Å². The van der Waals surface area contributed by atoms with E-state index in [-0.39, 0.29) is 5.97 Å². The fourth-order valence-electron chi connectivity index (χ4n) is 3.47. The number of esters is 1. The van der Waals surface area contributed by atoms with Gasteiger partial charge in [0.15, 0.2) is 11.9 Å². The molecule has 0 spiro atoms. The number of carbonyl (C=O) groups is 1. The number of aromatic nitrogens is 2. The lowest BCUT2D eigenvalue weighted by molar-refractivity contribution is -0.146. The minimum absolute atomic E-state index is 0.375. The van der Waals surface area contributed by atoms with Crippen LogP contribution in [0.25, 0.3) is 11.4 Å². The van der Waals surface area contributed by atoms with Gasteiger partial charge in [-0.25, -0.2) is 14.8 Å². The van der Waals surface area contributed by atoms with Crippen LogP contribution in [0.5, 0.6) is 5.75 Å². The SMILES string of the molecule is CCCCCCCCCc1cnc(-c2ccc(OC(=O)C(C)OCCCCC)cc2)nc1. The Kier molecular flexibility index (Phi) is 12.6. The molecule has 32 heavy (non-hydrogen) atoms. The Morgan fingerprint density at radius 2 is 1.44 bits per heavy atom. The van der Waals surface area contributed by atoms with Gasteiger partial charge in [0, 0.05) is 24.6 Å². The third-order valence-corrected chi connectivity index (χ3v) is 5.55. The second-order valence-corrected chi connectivity index (χ2v) is 8.45. The molecule has 5 nitrogen and oxygen atoms in total. The van der Waals surface area contributed by atoms with Gasteiger partial charge in [0.05, 0.1) is 0 Å². The summed E-state index contributed by atoms with van der Waals surface area (Å²) in [5.41, 5.74) is 2.08. The number of aryl methyl sites for hydroxylation is 1. The topological polar surface area (TPSA) is 61.3 Å². The van der Waals surface area contributed by atoms with Gasteiger partial charge in [-0.05, 0) is 56.0 Å². The quantitative estimate of drug-likeness (QED) is 0.161. The summed E-state index contributed by atoms with van der Waals surface area (Å²) in [7, 11) is 0. The molecule has 2 rings (SSSR count). The molecule has 0 amide bonds. The molecule has 0 aliphatic rings. The van der Waals surface area contributed by atoms with Gasteiger partial charge in [-0.2, -0.15) is 0 Å². The highest BCUT2D eigenvalue weighted by atomic mass is 16.6. The van der Waals surface area contributed by atoms with Crippen LogP contribution in [0, 0.1) is 0 Å². The van der Waals surface area contributed by atoms with Gasteiger partial charge < -0.3 is 9.47 Å². The second-order valence-electron chi connectivity index (χ2n) is 8.45. The zero-order valence-electron chi connectivity index (χ0n) is 20.1. The first-order valence-corrected chi connectivity index (χ1v) is 12.4. The maximum absolute atomic E-state index is 12.2. The van der Waals surface area contributed by atoms with Crippen LogP contribution in [-0.2, 0) is 16.0 Å². The van der Waals surface area contributed by atoms with Crippen LogP contribution >= 0.6 is 0 Å². The van der Waals surface area contributed by atoms with Crippen LogP contribution in [0.4, 0.5) is 0 Å². The molecule has 0 bridgehead atoms. The van der Waals surface area contributed by atoms with Gasteiger partial charge in [-0.3, -0.25) is 0 Å². The Bertz CT molecular complexity index is 759. The molecule has 1 unspecified atom stereocenters. The molecule has 0 fully saturated rings. The third kappa shape index (κ3) is 9.90. The summed E-state index contributed by atoms with van der Waals surface area (Å²) in [6, 6.07) is 7.29. The number of nitrogens with zero attached hydrogens (tertiary/aromatic N) is 2. The molecule has 176 valence electrons. The molecule has 0 radical (unpaired) electrons. The summed E-state index contributed by atoms with van der Waals surface area (Å²) >= 11 is 0. The van der Waals surface area contributed by atoms with Crippen molar-refractivity contribution in [3.8, 4) is 17.1 Å². The summed E-state index contributed by atoms with van der Waals surface area (Å²) in [5, 5.41) is 0. The van der Waals surface area contributed by atoms with Crippen LogP contribution in [0.3, 0.4) is 0 Å². The molecular weight excluding hydrogens is 400 g/mol. The van der Waals surface area contributed by atoms with Crippen LogP contribution in [0.1, 0.15) is 90.5 Å². The zero-order chi connectivity index (χ0) is 23.0. The lowest BCUT2D eigenvalue weighted by atomic mass is 10.1. The van der Waals surface area contributed by atoms with Crippen molar-refractivity contribution in [3.63, 3.8) is 0 Å². The number of rotatable bonds is 16. The summed E-state index contributed by atoms with van der Waals surface area (Å²) in [4.78, 5) is 21.2. The van der Waals surface area contributed by atoms with Crippen molar-refractivity contribution < 1.29 is 14.3 Å². The lowest BCUT2D eigenvalue weighted by Crippen LogP contribution is -2.26. The first-order chi connectivity index (χ1) is 15.6. The Balaban J connectivity index is 1.75. The second kappa shape index (κ2) is 15.5. The highest BCUT2D eigenvalue weighted by molar-refractivity contribution is 5.77. The molecule has 1 aromatic carbocycles. The lowest BCUT2D eigenvalue weighted by Gasteiger charge is -2.12. The first kappa shape index (κ1) is 26.0. The first-order valence-electron chi connectivity index (χ1n) is 12.4. The molecule has 2 aromatic rings. The highest BCUT2D eigenvalue weighted by Crippen LogP contribution is 2.20. The van der Waals surface area contributed by atoms with Crippen molar-refractivity contribution in [2.75, 3.05) is 6.61 Å². The molecule has 0 saturated carbocycles. The smallest absolute Gasteiger partial charge is 0.340 e. The Labute approximate surface area is 194 Å². The van der Waals surface area contributed by atoms with Gasteiger partial charge >= 0.3 is 5.97 Å². The van der Waals surface area contributed by atoms with Gasteiger partial charge in [0.2, 0.25) is 0 Å². The largest absolute Gasteiger partial charge is 0.425 e. The van der Waals surface area contributed by atoms with E-state index < -0.39 is 6.10 Å². The van der Waals surface area contributed by atoms with E-state index in [4.69, 9.17) is 9.47 Å². The number of hydrogen-bond donors (Lipinski definition) is 0. The predicted molar refractivity (Wildman–Crippen MR) is 130 cm³/mol. The van der Waals surface area contributed by atoms with Crippen LogP contribution in [0.2, 0.25) is 0 Å². The minimum Gasteiger partial charge on any atom is -0.425 e. The highest BCUT2D eigenvalue weighted by Gasteiger charge is 2.16. The summed E-state index contributed by atoms with van der Waals surface area (Å²) in [6.45, 7) is 6.69. The average molecular weight is 441 g/mol. The van der Waals surface area contributed by atoms with E-state index in [1.165, 1.54) is 50.5 Å². The molecule has 0 aliphatic heterocycles. The van der Waals surface area contributed by atoms with Crippen molar-refractivity contribution in [1.82, 2.24) is 9.97 Å². The van der Waals surface area contributed by atoms with Gasteiger partial charge in [0.25, 0.3) is 0 Å². The molecular formula is C27H40N2O3. The summed E-state index contributed by atoms with van der Waals surface area (Å²) < 4.78 is 11.0. The fourth-order valence-corrected chi connectivity index (χ4v) is 3.47. The van der Waals surface area contributed by atoms with Crippen LogP contribution in [-0.4, -0.2) is 28.6 Å². The van der Waals surface area contributed by atoms with E-state index in [1.54, 1.807) is 19.1 Å². The molecule has 0 aliphatic carbocycles. The molecule has 1 aromatic heterocycles. The van der Waals surface area contributed by atoms with Gasteiger partial charge in [-0.1, -0.05) is 65.2 Å². The third-order valence-electron chi connectivity index (χ3n) is 5.55. The fraction of sp³-hybridized carbons (Fsp3) is 0.593. The molecule has 5 heteroatoms. The summed E-state index contributed by atoms with van der Waals surface area (Å²) in [6.07, 6.45) is 16.6. The van der Waals surface area contributed by atoms with Crippen molar-refractivity contribution in [2.24, 2.45) is 0 Å². The number of benzene rings is 1. The van der Waals surface area contributed by atoms with Crippen molar-refractivity contribution in [3.05, 3.63) is 42.2 Å². The van der Waals surface area contributed by atoms with E-state index in [2.05, 4.69) is 23.8 Å². The normalized spacial score (nSPS) is 12.0. The Morgan fingerprint density at radius 3 is 2.09 bits per heavy atom. The van der Waals surface area contributed by atoms with Crippen LogP contribution in [0.15, 0.2) is 36.7 Å². The molecule has 0 N–H and O–H groups in total. The number of unbranched alkanes of at least 4 members (excludes halogenated alkanes) is 8. The van der Waals surface area contributed by atoms with E-state index in [1.807, 2.05) is 24.5 Å². The van der Waals surface area contributed by atoms with Crippen LogP contribution < -0.4 is 4.74 Å². The van der Waals surface area contributed by atoms with E-state index in [0.29, 0.717) is 18.2 Å². The number of ether oxygens (including phenoxy) is 2.